The summed E-state index contributed by atoms with van der Waals surface area (Å²) < 4.78 is 40.1. The van der Waals surface area contributed by atoms with Crippen molar-refractivity contribution in [2.45, 2.75) is 19.1 Å². The highest BCUT2D eigenvalue weighted by atomic mass is 35.5. The van der Waals surface area contributed by atoms with Crippen LogP contribution in [0.5, 0.6) is 0 Å². The molecule has 1 aliphatic rings. The Balaban J connectivity index is 2.13. The monoisotopic (exact) mass is 496 g/mol. The average Bonchev–Trinajstić information content (AvgIpc) is 2.81. The van der Waals surface area contributed by atoms with Gasteiger partial charge >= 0.3 is 6.18 Å². The number of carbonyl (C=O) groups excluding carboxylic acids is 3. The van der Waals surface area contributed by atoms with Gasteiger partial charge in [0.1, 0.15) is 10.8 Å². The quantitative estimate of drug-likeness (QED) is 0.514. The molecule has 3 amide bonds. The Bertz CT molecular complexity index is 1160. The van der Waals surface area contributed by atoms with Gasteiger partial charge < -0.3 is 15.1 Å². The van der Waals surface area contributed by atoms with Crippen LogP contribution in [0.2, 0.25) is 5.15 Å². The molecular weight excluding hydrogens is 477 g/mol. The highest BCUT2D eigenvalue weighted by molar-refractivity contribution is 6.29. The Morgan fingerprint density at radius 3 is 2.41 bits per heavy atom. The first-order valence-corrected chi connectivity index (χ1v) is 10.4. The Morgan fingerprint density at radius 1 is 1.15 bits per heavy atom. The van der Waals surface area contributed by atoms with Gasteiger partial charge in [0, 0.05) is 33.6 Å². The fourth-order valence-electron chi connectivity index (χ4n) is 3.56. The third-order valence-electron chi connectivity index (χ3n) is 5.17. The summed E-state index contributed by atoms with van der Waals surface area (Å²) in [5.41, 5.74) is -0.417. The van der Waals surface area contributed by atoms with E-state index in [1.807, 2.05) is 0 Å². The van der Waals surface area contributed by atoms with Crippen LogP contribution in [0.15, 0.2) is 30.9 Å². The minimum absolute atomic E-state index is 0.0591. The van der Waals surface area contributed by atoms with Gasteiger partial charge in [-0.2, -0.15) is 13.2 Å². The molecule has 1 fully saturated rings. The molecule has 0 bridgehead atoms. The third kappa shape index (κ3) is 5.33. The second kappa shape index (κ2) is 9.75. The number of halogens is 4. The summed E-state index contributed by atoms with van der Waals surface area (Å²) in [5.74, 6) is -2.94. The van der Waals surface area contributed by atoms with E-state index in [1.165, 1.54) is 35.9 Å². The summed E-state index contributed by atoms with van der Waals surface area (Å²) >= 11 is 6.18. The first-order valence-electron chi connectivity index (χ1n) is 9.99. The van der Waals surface area contributed by atoms with Crippen molar-refractivity contribution in [1.29, 1.82) is 0 Å². The third-order valence-corrected chi connectivity index (χ3v) is 5.37. The van der Waals surface area contributed by atoms with Crippen LogP contribution < -0.4 is 5.32 Å². The van der Waals surface area contributed by atoms with Crippen molar-refractivity contribution in [3.63, 3.8) is 0 Å². The van der Waals surface area contributed by atoms with Gasteiger partial charge in [-0.05, 0) is 29.8 Å². The fourth-order valence-corrected chi connectivity index (χ4v) is 3.78. The number of carbonyl (C=O) groups is 3. The molecule has 180 valence electrons. The lowest BCUT2D eigenvalue weighted by Crippen LogP contribution is -2.51. The number of nitrogens with one attached hydrogen (secondary N) is 1. The Hall–Kier alpha value is -3.54. The molecule has 0 spiro atoms. The zero-order chi connectivity index (χ0) is 25.2. The van der Waals surface area contributed by atoms with Crippen LogP contribution in [0.3, 0.4) is 0 Å². The summed E-state index contributed by atoms with van der Waals surface area (Å²) in [4.78, 5) is 50.3. The van der Waals surface area contributed by atoms with Gasteiger partial charge in [0.2, 0.25) is 17.6 Å². The van der Waals surface area contributed by atoms with Gasteiger partial charge in [-0.1, -0.05) is 18.2 Å². The van der Waals surface area contributed by atoms with Crippen LogP contribution in [-0.2, 0) is 15.8 Å². The fraction of sp³-hybridized carbons (Fsp3) is 0.333. The van der Waals surface area contributed by atoms with Gasteiger partial charge in [-0.3, -0.25) is 14.4 Å². The predicted molar refractivity (Wildman–Crippen MR) is 116 cm³/mol. The van der Waals surface area contributed by atoms with Crippen molar-refractivity contribution in [3.8, 4) is 11.4 Å². The van der Waals surface area contributed by atoms with Crippen molar-refractivity contribution >= 4 is 29.3 Å². The molecule has 3 rings (SSSR count). The van der Waals surface area contributed by atoms with Crippen LogP contribution in [0.25, 0.3) is 11.4 Å². The van der Waals surface area contributed by atoms with Crippen LogP contribution in [0.1, 0.15) is 34.8 Å². The molecule has 3 heterocycles. The maximum absolute atomic E-state index is 13.4. The maximum atomic E-state index is 13.4. The van der Waals surface area contributed by atoms with Crippen LogP contribution in [0, 0.1) is 0 Å². The smallest absolute Gasteiger partial charge is 0.354 e. The van der Waals surface area contributed by atoms with E-state index in [1.54, 1.807) is 0 Å². The molecule has 1 saturated heterocycles. The largest absolute Gasteiger partial charge is 0.451 e. The number of aromatic nitrogens is 3. The zero-order valence-corrected chi connectivity index (χ0v) is 18.9. The summed E-state index contributed by atoms with van der Waals surface area (Å²) in [6.45, 7) is 5.49. The van der Waals surface area contributed by atoms with E-state index in [0.717, 1.165) is 12.1 Å². The minimum Gasteiger partial charge on any atom is -0.354 e. The average molecular weight is 497 g/mol. The Kier molecular flexibility index (Phi) is 7.20. The first-order chi connectivity index (χ1) is 15.9. The minimum atomic E-state index is -4.92. The lowest BCUT2D eigenvalue weighted by molar-refractivity contribution is -0.145. The van der Waals surface area contributed by atoms with Crippen molar-refractivity contribution in [2.75, 3.05) is 26.7 Å². The molecule has 34 heavy (non-hydrogen) atoms. The molecule has 2 aromatic rings. The molecule has 0 aromatic carbocycles. The van der Waals surface area contributed by atoms with E-state index in [2.05, 4.69) is 26.8 Å². The van der Waals surface area contributed by atoms with E-state index in [9.17, 15) is 27.6 Å². The molecule has 13 heteroatoms. The number of hydrogen-bond donors (Lipinski definition) is 1. The highest BCUT2D eigenvalue weighted by Crippen LogP contribution is 2.32. The molecule has 2 aromatic heterocycles. The van der Waals surface area contributed by atoms with Crippen LogP contribution >= 0.6 is 11.6 Å². The zero-order valence-electron chi connectivity index (χ0n) is 18.2. The molecule has 0 saturated carbocycles. The van der Waals surface area contributed by atoms with Gasteiger partial charge in [0.25, 0.3) is 5.91 Å². The van der Waals surface area contributed by atoms with Crippen molar-refractivity contribution < 1.29 is 27.6 Å². The number of pyridine rings is 1. The normalized spacial score (nSPS) is 16.2. The summed E-state index contributed by atoms with van der Waals surface area (Å²) in [7, 11) is 1.25. The van der Waals surface area contributed by atoms with E-state index in [0.29, 0.717) is 12.1 Å². The van der Waals surface area contributed by atoms with Gasteiger partial charge in [0.15, 0.2) is 0 Å². The number of nitrogens with zero attached hydrogens (tertiary/aromatic N) is 5. The van der Waals surface area contributed by atoms with Crippen LogP contribution in [0.4, 0.5) is 13.2 Å². The number of amides is 3. The number of rotatable bonds is 4. The second-order valence-corrected chi connectivity index (χ2v) is 7.75. The van der Waals surface area contributed by atoms with E-state index in [-0.39, 0.29) is 41.4 Å². The molecule has 0 unspecified atom stereocenters. The molecule has 9 nitrogen and oxygen atoms in total. The molecule has 0 radical (unpaired) electrons. The van der Waals surface area contributed by atoms with Crippen molar-refractivity contribution in [1.82, 2.24) is 30.1 Å². The van der Waals surface area contributed by atoms with Gasteiger partial charge in [0.05, 0.1) is 17.4 Å². The second-order valence-electron chi connectivity index (χ2n) is 7.36. The van der Waals surface area contributed by atoms with E-state index >= 15 is 0 Å². The molecule has 0 aliphatic carbocycles. The van der Waals surface area contributed by atoms with Crippen molar-refractivity contribution in [2.24, 2.45) is 0 Å². The Morgan fingerprint density at radius 2 is 1.82 bits per heavy atom. The molecule has 1 atom stereocenters. The van der Waals surface area contributed by atoms with E-state index in [4.69, 9.17) is 11.6 Å². The summed E-state index contributed by atoms with van der Waals surface area (Å²) in [6.07, 6.45) is -3.76. The lowest BCUT2D eigenvalue weighted by Gasteiger charge is -2.41. The van der Waals surface area contributed by atoms with E-state index < -0.39 is 29.6 Å². The topological polar surface area (TPSA) is 108 Å². The first kappa shape index (κ1) is 25.1. The van der Waals surface area contributed by atoms with Gasteiger partial charge in [-0.15, -0.1) is 0 Å². The Labute approximate surface area is 197 Å². The molecular formula is C21H20ClF3N6O3. The number of alkyl halides is 3. The number of hydrogen-bond acceptors (Lipinski definition) is 6. The predicted octanol–water partition coefficient (Wildman–Crippen LogP) is 2.49. The maximum Gasteiger partial charge on any atom is 0.451 e. The molecule has 1 aliphatic heterocycles. The van der Waals surface area contributed by atoms with Crippen molar-refractivity contribution in [3.05, 3.63) is 53.1 Å². The van der Waals surface area contributed by atoms with Crippen LogP contribution in [-0.4, -0.2) is 69.2 Å². The summed E-state index contributed by atoms with van der Waals surface area (Å²) in [6, 6.07) is 3.30. The molecule has 1 N–H and O–H groups in total. The number of piperazine rings is 1. The highest BCUT2D eigenvalue weighted by Gasteiger charge is 2.36. The van der Waals surface area contributed by atoms with Gasteiger partial charge in [-0.25, -0.2) is 15.0 Å². The lowest BCUT2D eigenvalue weighted by atomic mass is 10.0. The SMILES string of the molecule is C=CC(=O)N1CCN(C(C)=O)[C@@H](c2cc(Cl)nc(-c3cc(C(=O)NC)nc(C(F)(F)F)n3)c2)C1. The summed E-state index contributed by atoms with van der Waals surface area (Å²) in [5, 5.41) is 2.15. The standard InChI is InChI=1S/C21H20ClF3N6O3/c1-4-18(33)30-5-6-31(11(2)32)16(10-30)12-7-13(27-17(22)8-12)14-9-15(19(34)26-3)29-20(28-14)21(23,24)25/h4,7-9,16H,1,5-6,10H2,2-3H3,(H,26,34)/t16-/m1/s1.